The van der Waals surface area contributed by atoms with Crippen LogP contribution in [0, 0.1) is 10.1 Å². The third kappa shape index (κ3) is 4.12. The van der Waals surface area contributed by atoms with E-state index in [9.17, 15) is 14.9 Å². The molecule has 1 fully saturated rings. The van der Waals surface area contributed by atoms with Crippen LogP contribution in [0.2, 0.25) is 0 Å². The molecule has 126 valence electrons. The van der Waals surface area contributed by atoms with E-state index in [2.05, 4.69) is 5.32 Å². The van der Waals surface area contributed by atoms with Crippen LogP contribution in [0.4, 0.5) is 5.69 Å². The first-order chi connectivity index (χ1) is 11.1. The molecule has 1 amide bonds. The van der Waals surface area contributed by atoms with Gasteiger partial charge < -0.3 is 14.8 Å². The third-order valence-corrected chi connectivity index (χ3v) is 4.13. The van der Waals surface area contributed by atoms with Crippen LogP contribution in [0.1, 0.15) is 48.9 Å². The van der Waals surface area contributed by atoms with E-state index in [1.807, 2.05) is 0 Å². The number of methoxy groups -OCH3 is 2. The van der Waals surface area contributed by atoms with Crippen molar-refractivity contribution in [3.8, 4) is 11.5 Å². The van der Waals surface area contributed by atoms with E-state index in [1.165, 1.54) is 39.2 Å². The van der Waals surface area contributed by atoms with Crippen molar-refractivity contribution >= 4 is 11.6 Å². The largest absolute Gasteiger partial charge is 0.493 e. The number of ether oxygens (including phenoxy) is 2. The van der Waals surface area contributed by atoms with Crippen molar-refractivity contribution < 1.29 is 19.2 Å². The van der Waals surface area contributed by atoms with Crippen LogP contribution in [-0.2, 0) is 0 Å². The van der Waals surface area contributed by atoms with E-state index >= 15 is 0 Å². The predicted octanol–water partition coefficient (Wildman–Crippen LogP) is 3.06. The maximum absolute atomic E-state index is 12.5. The maximum Gasteiger partial charge on any atom is 0.286 e. The quantitative estimate of drug-likeness (QED) is 0.511. The summed E-state index contributed by atoms with van der Waals surface area (Å²) < 4.78 is 10.2. The highest BCUT2D eigenvalue weighted by atomic mass is 16.6. The topological polar surface area (TPSA) is 90.7 Å². The molecule has 1 aliphatic rings. The standard InChI is InChI=1S/C16H22N2O5/c1-22-14-9-12(13(18(20)21)10-15(14)23-2)16(19)17-11-7-5-3-4-6-8-11/h9-11H,3-8H2,1-2H3,(H,17,19). The first-order valence-corrected chi connectivity index (χ1v) is 7.78. The van der Waals surface area contributed by atoms with Crippen molar-refractivity contribution in [3.63, 3.8) is 0 Å². The van der Waals surface area contributed by atoms with Gasteiger partial charge >= 0.3 is 0 Å². The molecule has 0 atom stereocenters. The molecule has 1 aromatic rings. The molecular weight excluding hydrogens is 300 g/mol. The molecule has 1 aromatic carbocycles. The molecule has 0 heterocycles. The minimum absolute atomic E-state index is 0.00287. The van der Waals surface area contributed by atoms with Crippen LogP contribution < -0.4 is 14.8 Å². The lowest BCUT2D eigenvalue weighted by Gasteiger charge is -2.17. The molecule has 1 N–H and O–H groups in total. The van der Waals surface area contributed by atoms with Crippen LogP contribution in [-0.4, -0.2) is 31.1 Å². The number of rotatable bonds is 5. The van der Waals surface area contributed by atoms with Crippen molar-refractivity contribution in [1.82, 2.24) is 5.32 Å². The average molecular weight is 322 g/mol. The van der Waals surface area contributed by atoms with Crippen LogP contribution in [0.15, 0.2) is 12.1 Å². The lowest BCUT2D eigenvalue weighted by molar-refractivity contribution is -0.385. The van der Waals surface area contributed by atoms with Gasteiger partial charge in [-0.2, -0.15) is 0 Å². The molecule has 7 nitrogen and oxygen atoms in total. The predicted molar refractivity (Wildman–Crippen MR) is 85.2 cm³/mol. The Kier molecular flexibility index (Phi) is 5.78. The van der Waals surface area contributed by atoms with Gasteiger partial charge in [-0.25, -0.2) is 0 Å². The fraction of sp³-hybridized carbons (Fsp3) is 0.562. The summed E-state index contributed by atoms with van der Waals surface area (Å²) in [5, 5.41) is 14.2. The Morgan fingerprint density at radius 1 is 1.13 bits per heavy atom. The lowest BCUT2D eigenvalue weighted by atomic mass is 10.1. The van der Waals surface area contributed by atoms with Crippen LogP contribution >= 0.6 is 0 Å². The first kappa shape index (κ1) is 17.1. The van der Waals surface area contributed by atoms with E-state index in [0.29, 0.717) is 5.75 Å². The Morgan fingerprint density at radius 3 is 2.22 bits per heavy atom. The highest BCUT2D eigenvalue weighted by molar-refractivity contribution is 5.99. The second-order valence-corrected chi connectivity index (χ2v) is 5.64. The van der Waals surface area contributed by atoms with Gasteiger partial charge in [0.1, 0.15) is 5.56 Å². The molecular formula is C16H22N2O5. The van der Waals surface area contributed by atoms with E-state index in [-0.39, 0.29) is 23.0 Å². The van der Waals surface area contributed by atoms with Gasteiger partial charge in [0.15, 0.2) is 11.5 Å². The fourth-order valence-electron chi connectivity index (χ4n) is 2.89. The number of carbonyl (C=O) groups is 1. The molecule has 1 aliphatic carbocycles. The number of benzene rings is 1. The summed E-state index contributed by atoms with van der Waals surface area (Å²) >= 11 is 0. The molecule has 23 heavy (non-hydrogen) atoms. The van der Waals surface area contributed by atoms with Gasteiger partial charge in [-0.15, -0.1) is 0 Å². The molecule has 0 saturated heterocycles. The van der Waals surface area contributed by atoms with Gasteiger partial charge in [-0.3, -0.25) is 14.9 Å². The SMILES string of the molecule is COc1cc(C(=O)NC2CCCCCC2)c([N+](=O)[O-])cc1OC. The Bertz CT molecular complexity index is 580. The molecule has 0 aliphatic heterocycles. The van der Waals surface area contributed by atoms with Crippen LogP contribution in [0.5, 0.6) is 11.5 Å². The summed E-state index contributed by atoms with van der Waals surface area (Å²) in [7, 11) is 2.82. The first-order valence-electron chi connectivity index (χ1n) is 7.78. The van der Waals surface area contributed by atoms with Gasteiger partial charge in [-0.1, -0.05) is 25.7 Å². The van der Waals surface area contributed by atoms with Gasteiger partial charge in [0.2, 0.25) is 0 Å². The van der Waals surface area contributed by atoms with Crippen molar-refractivity contribution in [3.05, 3.63) is 27.8 Å². The van der Waals surface area contributed by atoms with E-state index in [4.69, 9.17) is 9.47 Å². The summed E-state index contributed by atoms with van der Waals surface area (Å²) in [5.74, 6) is 0.0823. The maximum atomic E-state index is 12.5. The van der Waals surface area contributed by atoms with E-state index < -0.39 is 10.8 Å². The van der Waals surface area contributed by atoms with Crippen LogP contribution in [0.25, 0.3) is 0 Å². The third-order valence-electron chi connectivity index (χ3n) is 4.13. The smallest absolute Gasteiger partial charge is 0.286 e. The number of nitrogens with one attached hydrogen (secondary N) is 1. The molecule has 2 rings (SSSR count). The normalized spacial score (nSPS) is 15.6. The number of nitrogens with zero attached hydrogens (tertiary/aromatic N) is 1. The zero-order valence-corrected chi connectivity index (χ0v) is 13.5. The second-order valence-electron chi connectivity index (χ2n) is 5.64. The van der Waals surface area contributed by atoms with Crippen molar-refractivity contribution in [2.45, 2.75) is 44.6 Å². The Balaban J connectivity index is 2.28. The number of carbonyl (C=O) groups excluding carboxylic acids is 1. The number of hydrogen-bond donors (Lipinski definition) is 1. The van der Waals surface area contributed by atoms with Crippen molar-refractivity contribution in [2.75, 3.05) is 14.2 Å². The summed E-state index contributed by atoms with van der Waals surface area (Å²) in [5.41, 5.74) is -0.286. The Morgan fingerprint density at radius 2 is 1.70 bits per heavy atom. The molecule has 0 bridgehead atoms. The molecule has 0 spiro atoms. The Hall–Kier alpha value is -2.31. The number of hydrogen-bond acceptors (Lipinski definition) is 5. The summed E-state index contributed by atoms with van der Waals surface area (Å²) in [6, 6.07) is 2.65. The molecule has 1 saturated carbocycles. The summed E-state index contributed by atoms with van der Waals surface area (Å²) in [6.07, 6.45) is 6.29. The van der Waals surface area contributed by atoms with E-state index in [1.54, 1.807) is 0 Å². The molecule has 7 heteroatoms. The average Bonchev–Trinajstić information content (AvgIpc) is 2.81. The van der Waals surface area contributed by atoms with Gasteiger partial charge in [-0.05, 0) is 12.8 Å². The molecule has 0 unspecified atom stereocenters. The second kappa shape index (κ2) is 7.80. The zero-order valence-electron chi connectivity index (χ0n) is 13.5. The number of amides is 1. The lowest BCUT2D eigenvalue weighted by Crippen LogP contribution is -2.34. The fourth-order valence-corrected chi connectivity index (χ4v) is 2.89. The number of nitro benzene ring substituents is 1. The summed E-state index contributed by atoms with van der Waals surface area (Å²) in [4.78, 5) is 23.2. The highest BCUT2D eigenvalue weighted by Gasteiger charge is 2.26. The monoisotopic (exact) mass is 322 g/mol. The zero-order chi connectivity index (χ0) is 16.8. The summed E-state index contributed by atoms with van der Waals surface area (Å²) in [6.45, 7) is 0. The van der Waals surface area contributed by atoms with Crippen molar-refractivity contribution in [2.24, 2.45) is 0 Å². The molecule has 0 aromatic heterocycles. The van der Waals surface area contributed by atoms with Crippen molar-refractivity contribution in [1.29, 1.82) is 0 Å². The van der Waals surface area contributed by atoms with Gasteiger partial charge in [0, 0.05) is 12.1 Å². The number of nitro groups is 1. The van der Waals surface area contributed by atoms with Gasteiger partial charge in [0.05, 0.1) is 25.2 Å². The highest BCUT2D eigenvalue weighted by Crippen LogP contribution is 2.34. The minimum atomic E-state index is -0.579. The molecule has 0 radical (unpaired) electrons. The van der Waals surface area contributed by atoms with E-state index in [0.717, 1.165) is 25.7 Å². The van der Waals surface area contributed by atoms with Gasteiger partial charge in [0.25, 0.3) is 11.6 Å². The minimum Gasteiger partial charge on any atom is -0.493 e. The van der Waals surface area contributed by atoms with Crippen LogP contribution in [0.3, 0.4) is 0 Å². The Labute approximate surface area is 135 Å².